The molecule has 0 saturated carbocycles. The van der Waals surface area contributed by atoms with Gasteiger partial charge in [0.15, 0.2) is 12.6 Å². The van der Waals surface area contributed by atoms with Gasteiger partial charge in [-0.25, -0.2) is 0 Å². The van der Waals surface area contributed by atoms with E-state index >= 15 is 0 Å². The molecule has 0 amide bonds. The molecule has 5 heteroatoms. The zero-order valence-electron chi connectivity index (χ0n) is 28.7. The molecular weight excluding hydrogens is 758 g/mol. The summed E-state index contributed by atoms with van der Waals surface area (Å²) in [6.45, 7) is 0. The van der Waals surface area contributed by atoms with E-state index < -0.39 is 0 Å². The zero-order chi connectivity index (χ0) is 31.3. The number of alkyl halides is 2. The standard InChI is InChI=1S/C38H72I2O3/c1-41-37(33-29-25-21-17-13-9-5-3-7-11-15-19-23-27-31-35-39)43-38(42-2)34-30-26-22-18-14-10-6-4-8-12-16-20-24-28-32-36-40/h21-22,25-26,37-38H,3-20,23-24,27-36H2,1-2H3. The van der Waals surface area contributed by atoms with Crippen LogP contribution in [0.5, 0.6) is 0 Å². The van der Waals surface area contributed by atoms with Gasteiger partial charge in [0, 0.05) is 27.1 Å². The van der Waals surface area contributed by atoms with Gasteiger partial charge in [-0.1, -0.05) is 185 Å². The average molecular weight is 831 g/mol. The van der Waals surface area contributed by atoms with Crippen molar-refractivity contribution in [2.75, 3.05) is 23.1 Å². The Morgan fingerprint density at radius 2 is 0.628 bits per heavy atom. The van der Waals surface area contributed by atoms with Crippen LogP contribution in [0.25, 0.3) is 0 Å². The van der Waals surface area contributed by atoms with Crippen molar-refractivity contribution >= 4 is 45.2 Å². The quantitative estimate of drug-likeness (QED) is 0.0207. The maximum absolute atomic E-state index is 6.08. The van der Waals surface area contributed by atoms with Gasteiger partial charge in [-0.2, -0.15) is 0 Å². The molecule has 0 spiro atoms. The van der Waals surface area contributed by atoms with Crippen LogP contribution in [0.15, 0.2) is 24.3 Å². The van der Waals surface area contributed by atoms with Gasteiger partial charge in [-0.15, -0.1) is 0 Å². The average Bonchev–Trinajstić information content (AvgIpc) is 3.02. The van der Waals surface area contributed by atoms with Crippen LogP contribution in [-0.4, -0.2) is 35.7 Å². The molecule has 0 heterocycles. The molecule has 0 aromatic heterocycles. The van der Waals surface area contributed by atoms with E-state index in [1.807, 2.05) is 0 Å². The molecular formula is C38H72I2O3. The van der Waals surface area contributed by atoms with Crippen molar-refractivity contribution in [1.82, 2.24) is 0 Å². The number of rotatable bonds is 36. The number of unbranched alkanes of at least 4 members (excludes halogenated alkanes) is 22. The van der Waals surface area contributed by atoms with E-state index in [2.05, 4.69) is 69.5 Å². The maximum Gasteiger partial charge on any atom is 0.160 e. The molecule has 0 radical (unpaired) electrons. The number of hydrogen-bond acceptors (Lipinski definition) is 3. The second-order valence-electron chi connectivity index (χ2n) is 12.3. The van der Waals surface area contributed by atoms with Crippen LogP contribution >= 0.6 is 45.2 Å². The summed E-state index contributed by atoms with van der Waals surface area (Å²) in [5.74, 6) is 0. The van der Waals surface area contributed by atoms with Crippen molar-refractivity contribution in [1.29, 1.82) is 0 Å². The Labute approximate surface area is 297 Å². The molecule has 0 fully saturated rings. The lowest BCUT2D eigenvalue weighted by Gasteiger charge is -2.22. The van der Waals surface area contributed by atoms with Gasteiger partial charge in [0.05, 0.1) is 0 Å². The van der Waals surface area contributed by atoms with Crippen LogP contribution in [0.1, 0.15) is 180 Å². The highest BCUT2D eigenvalue weighted by Gasteiger charge is 2.14. The summed E-state index contributed by atoms with van der Waals surface area (Å²) in [6, 6.07) is 0. The van der Waals surface area contributed by atoms with Gasteiger partial charge in [0.2, 0.25) is 0 Å². The van der Waals surface area contributed by atoms with Gasteiger partial charge >= 0.3 is 0 Å². The molecule has 0 N–H and O–H groups in total. The highest BCUT2D eigenvalue weighted by atomic mass is 127. The van der Waals surface area contributed by atoms with Crippen molar-refractivity contribution in [2.45, 2.75) is 192 Å². The molecule has 256 valence electrons. The highest BCUT2D eigenvalue weighted by Crippen LogP contribution is 2.16. The van der Waals surface area contributed by atoms with Gasteiger partial charge < -0.3 is 14.2 Å². The van der Waals surface area contributed by atoms with Crippen molar-refractivity contribution in [3.63, 3.8) is 0 Å². The van der Waals surface area contributed by atoms with Crippen LogP contribution in [0.4, 0.5) is 0 Å². The van der Waals surface area contributed by atoms with Gasteiger partial charge in [0.1, 0.15) is 0 Å². The Morgan fingerprint density at radius 1 is 0.372 bits per heavy atom. The second-order valence-corrected chi connectivity index (χ2v) is 14.5. The summed E-state index contributed by atoms with van der Waals surface area (Å²) in [4.78, 5) is 0. The maximum atomic E-state index is 6.08. The third-order valence-corrected chi connectivity index (χ3v) is 9.84. The number of allylic oxidation sites excluding steroid dienone is 4. The smallest absolute Gasteiger partial charge is 0.160 e. The van der Waals surface area contributed by atoms with Crippen molar-refractivity contribution < 1.29 is 14.2 Å². The topological polar surface area (TPSA) is 27.7 Å². The first-order valence-corrected chi connectivity index (χ1v) is 21.5. The summed E-state index contributed by atoms with van der Waals surface area (Å²) in [6.07, 6.45) is 46.1. The molecule has 3 nitrogen and oxygen atoms in total. The molecule has 0 bridgehead atoms. The van der Waals surface area contributed by atoms with Crippen molar-refractivity contribution in [3.8, 4) is 0 Å². The van der Waals surface area contributed by atoms with Crippen molar-refractivity contribution in [3.05, 3.63) is 24.3 Å². The molecule has 2 atom stereocenters. The van der Waals surface area contributed by atoms with E-state index in [1.54, 1.807) is 14.2 Å². The third-order valence-electron chi connectivity index (χ3n) is 8.31. The molecule has 2 unspecified atom stereocenters. The van der Waals surface area contributed by atoms with E-state index in [-0.39, 0.29) is 12.6 Å². The SMILES string of the molecule is COC(CCC=CCCCCCCCCCCCCCI)OC(CCC=CCCCCCCCCCCCCCI)OC. The lowest BCUT2D eigenvalue weighted by atomic mass is 10.1. The Balaban J connectivity index is 3.62. The van der Waals surface area contributed by atoms with E-state index in [4.69, 9.17) is 14.2 Å². The monoisotopic (exact) mass is 830 g/mol. The fourth-order valence-corrected chi connectivity index (χ4v) is 6.56. The third kappa shape index (κ3) is 35.5. The summed E-state index contributed by atoms with van der Waals surface area (Å²) < 4.78 is 19.9. The lowest BCUT2D eigenvalue weighted by Crippen LogP contribution is -2.25. The summed E-state index contributed by atoms with van der Waals surface area (Å²) >= 11 is 4.98. The summed E-state index contributed by atoms with van der Waals surface area (Å²) in [5.41, 5.74) is 0. The van der Waals surface area contributed by atoms with Crippen molar-refractivity contribution in [2.24, 2.45) is 0 Å². The fourth-order valence-electron chi connectivity index (χ4n) is 5.48. The molecule has 0 aliphatic rings. The summed E-state index contributed by atoms with van der Waals surface area (Å²) in [7, 11) is 3.48. The minimum Gasteiger partial charge on any atom is -0.356 e. The molecule has 0 aliphatic carbocycles. The fraction of sp³-hybridized carbons (Fsp3) is 0.895. The minimum atomic E-state index is -0.203. The van der Waals surface area contributed by atoms with Crippen LogP contribution < -0.4 is 0 Å². The van der Waals surface area contributed by atoms with Gasteiger partial charge in [0.25, 0.3) is 0 Å². The van der Waals surface area contributed by atoms with Crippen LogP contribution in [-0.2, 0) is 14.2 Å². The first-order chi connectivity index (χ1) is 21.3. The molecule has 43 heavy (non-hydrogen) atoms. The Morgan fingerprint density at radius 3 is 0.907 bits per heavy atom. The molecule has 0 aliphatic heterocycles. The van der Waals surface area contributed by atoms with Gasteiger partial charge in [-0.3, -0.25) is 0 Å². The zero-order valence-corrected chi connectivity index (χ0v) is 33.0. The van der Waals surface area contributed by atoms with Crippen LogP contribution in [0.3, 0.4) is 0 Å². The first-order valence-electron chi connectivity index (χ1n) is 18.4. The van der Waals surface area contributed by atoms with E-state index in [9.17, 15) is 0 Å². The van der Waals surface area contributed by atoms with Gasteiger partial charge in [-0.05, 0) is 60.2 Å². The number of halogens is 2. The predicted molar refractivity (Wildman–Crippen MR) is 208 cm³/mol. The predicted octanol–water partition coefficient (Wildman–Crippen LogP) is 13.9. The Hall–Kier alpha value is 0.820. The van der Waals surface area contributed by atoms with Crippen LogP contribution in [0.2, 0.25) is 0 Å². The van der Waals surface area contributed by atoms with E-state index in [0.29, 0.717) is 0 Å². The summed E-state index contributed by atoms with van der Waals surface area (Å²) in [5, 5.41) is 0. The largest absolute Gasteiger partial charge is 0.356 e. The molecule has 0 aromatic carbocycles. The second kappa shape index (κ2) is 39.0. The van der Waals surface area contributed by atoms with E-state index in [0.717, 1.165) is 25.7 Å². The number of hydrogen-bond donors (Lipinski definition) is 0. The molecule has 0 rings (SSSR count). The molecule has 0 aromatic rings. The normalized spacial score (nSPS) is 13.5. The first kappa shape index (κ1) is 43.8. The number of ether oxygens (including phenoxy) is 3. The minimum absolute atomic E-state index is 0.203. The lowest BCUT2D eigenvalue weighted by molar-refractivity contribution is -0.232. The highest BCUT2D eigenvalue weighted by molar-refractivity contribution is 14.1. The molecule has 0 saturated heterocycles. The van der Waals surface area contributed by atoms with Crippen LogP contribution in [0, 0.1) is 0 Å². The van der Waals surface area contributed by atoms with E-state index in [1.165, 1.54) is 163 Å². The Bertz CT molecular complexity index is 521. The Kier molecular flexibility index (Phi) is 39.7. The number of methoxy groups -OCH3 is 2.